The van der Waals surface area contributed by atoms with E-state index in [1.807, 2.05) is 0 Å². The van der Waals surface area contributed by atoms with Gasteiger partial charge in [0.25, 0.3) is 5.56 Å². The first-order chi connectivity index (χ1) is 15.2. The molecule has 1 atom stereocenters. The normalized spacial score (nSPS) is 13.1. The lowest BCUT2D eigenvalue weighted by Crippen LogP contribution is -2.37. The van der Waals surface area contributed by atoms with Crippen LogP contribution in [0.15, 0.2) is 41.2 Å². The maximum absolute atomic E-state index is 13.9. The van der Waals surface area contributed by atoms with Gasteiger partial charge in [0.05, 0.1) is 28.2 Å². The van der Waals surface area contributed by atoms with Crippen LogP contribution in [0.3, 0.4) is 0 Å². The van der Waals surface area contributed by atoms with Gasteiger partial charge in [-0.2, -0.15) is 13.2 Å². The molecule has 0 fully saturated rings. The summed E-state index contributed by atoms with van der Waals surface area (Å²) >= 11 is 0. The van der Waals surface area contributed by atoms with E-state index in [-0.39, 0.29) is 11.5 Å². The predicted molar refractivity (Wildman–Crippen MR) is 110 cm³/mol. The summed E-state index contributed by atoms with van der Waals surface area (Å²) in [6.45, 7) is 6.16. The van der Waals surface area contributed by atoms with Crippen LogP contribution in [0.25, 0.3) is 16.6 Å². The van der Waals surface area contributed by atoms with Crippen molar-refractivity contribution in [1.29, 1.82) is 0 Å². The maximum Gasteiger partial charge on any atom is 0.418 e. The highest BCUT2D eigenvalue weighted by molar-refractivity contribution is 5.82. The van der Waals surface area contributed by atoms with Crippen LogP contribution in [0.4, 0.5) is 26.7 Å². The summed E-state index contributed by atoms with van der Waals surface area (Å²) in [5.74, 6) is -2.40. The zero-order valence-corrected chi connectivity index (χ0v) is 18.1. The molecule has 0 radical (unpaired) electrons. The van der Waals surface area contributed by atoms with Gasteiger partial charge in [0.1, 0.15) is 23.1 Å². The zero-order valence-electron chi connectivity index (χ0n) is 18.1. The molecule has 0 aliphatic carbocycles. The predicted octanol–water partition coefficient (Wildman–Crippen LogP) is 5.27. The Morgan fingerprint density at radius 3 is 2.24 bits per heavy atom. The lowest BCUT2D eigenvalue weighted by atomic mass is 10.1. The van der Waals surface area contributed by atoms with E-state index < -0.39 is 57.6 Å². The molecule has 0 saturated heterocycles. The number of rotatable bonds is 3. The van der Waals surface area contributed by atoms with Gasteiger partial charge >= 0.3 is 12.3 Å². The fourth-order valence-corrected chi connectivity index (χ4v) is 3.21. The molecular formula is C22H20F5N3O3. The quantitative estimate of drug-likeness (QED) is 0.531. The molecule has 1 amide bonds. The van der Waals surface area contributed by atoms with Crippen LogP contribution in [0, 0.1) is 11.6 Å². The number of carbonyl (C=O) groups is 1. The average Bonchev–Trinajstić information content (AvgIpc) is 2.64. The minimum atomic E-state index is -4.82. The first-order valence-corrected chi connectivity index (χ1v) is 9.76. The van der Waals surface area contributed by atoms with Gasteiger partial charge in [0.15, 0.2) is 0 Å². The number of alkyl carbamates (subject to hydrolysis) is 1. The van der Waals surface area contributed by atoms with E-state index >= 15 is 0 Å². The number of nitrogens with one attached hydrogen (secondary N) is 1. The third-order valence-corrected chi connectivity index (χ3v) is 4.46. The second-order valence-corrected chi connectivity index (χ2v) is 8.31. The van der Waals surface area contributed by atoms with Crippen molar-refractivity contribution in [2.24, 2.45) is 0 Å². The second-order valence-electron chi connectivity index (χ2n) is 8.31. The van der Waals surface area contributed by atoms with E-state index in [1.165, 1.54) is 6.92 Å². The summed E-state index contributed by atoms with van der Waals surface area (Å²) in [4.78, 5) is 29.5. The van der Waals surface area contributed by atoms with Crippen molar-refractivity contribution >= 4 is 17.0 Å². The fourth-order valence-electron chi connectivity index (χ4n) is 3.21. The number of alkyl halides is 3. The molecule has 0 aliphatic heterocycles. The van der Waals surface area contributed by atoms with Crippen LogP contribution in [-0.4, -0.2) is 21.2 Å². The minimum Gasteiger partial charge on any atom is -0.444 e. The van der Waals surface area contributed by atoms with E-state index in [0.717, 1.165) is 34.9 Å². The third-order valence-electron chi connectivity index (χ3n) is 4.46. The van der Waals surface area contributed by atoms with E-state index in [4.69, 9.17) is 4.74 Å². The number of nitrogens with zero attached hydrogens (tertiary/aromatic N) is 2. The van der Waals surface area contributed by atoms with Crippen molar-refractivity contribution in [3.8, 4) is 5.69 Å². The topological polar surface area (TPSA) is 73.2 Å². The maximum atomic E-state index is 13.9. The number of para-hydroxylation sites is 1. The SMILES string of the molecule is C[C@H](NC(=O)OC(C)(C)C)c1nc2c(C(F)(F)F)cccc2c(=O)n1-c1cc(F)cc(F)c1. The molecule has 2 aromatic carbocycles. The third kappa shape index (κ3) is 5.29. The van der Waals surface area contributed by atoms with Gasteiger partial charge in [-0.3, -0.25) is 9.36 Å². The Hall–Kier alpha value is -3.50. The molecule has 0 spiro atoms. The monoisotopic (exact) mass is 469 g/mol. The lowest BCUT2D eigenvalue weighted by molar-refractivity contribution is -0.136. The molecule has 1 heterocycles. The molecule has 3 rings (SSSR count). The van der Waals surface area contributed by atoms with E-state index in [9.17, 15) is 31.5 Å². The fraction of sp³-hybridized carbons (Fsp3) is 0.318. The van der Waals surface area contributed by atoms with Crippen LogP contribution >= 0.6 is 0 Å². The number of hydrogen-bond acceptors (Lipinski definition) is 4. The average molecular weight is 469 g/mol. The smallest absolute Gasteiger partial charge is 0.418 e. The number of ether oxygens (including phenoxy) is 1. The van der Waals surface area contributed by atoms with Gasteiger partial charge < -0.3 is 10.1 Å². The van der Waals surface area contributed by atoms with Crippen LogP contribution in [0.5, 0.6) is 0 Å². The summed E-state index contributed by atoms with van der Waals surface area (Å²) in [7, 11) is 0. The summed E-state index contributed by atoms with van der Waals surface area (Å²) < 4.78 is 74.4. The van der Waals surface area contributed by atoms with Gasteiger partial charge in [-0.25, -0.2) is 18.6 Å². The van der Waals surface area contributed by atoms with Crippen molar-refractivity contribution in [1.82, 2.24) is 14.9 Å². The largest absolute Gasteiger partial charge is 0.444 e. The molecular weight excluding hydrogens is 449 g/mol. The van der Waals surface area contributed by atoms with E-state index in [1.54, 1.807) is 20.8 Å². The summed E-state index contributed by atoms with van der Waals surface area (Å²) in [5.41, 5.74) is -4.01. The Bertz CT molecular complexity index is 1260. The van der Waals surface area contributed by atoms with Crippen LogP contribution in [0.1, 0.15) is 45.1 Å². The number of fused-ring (bicyclic) bond motifs is 1. The number of hydrogen-bond donors (Lipinski definition) is 1. The Kier molecular flexibility index (Phi) is 6.18. The molecule has 176 valence electrons. The number of benzene rings is 2. The molecule has 6 nitrogen and oxygen atoms in total. The molecule has 0 unspecified atom stereocenters. The summed E-state index contributed by atoms with van der Waals surface area (Å²) in [5, 5.41) is 1.98. The molecule has 3 aromatic rings. The molecule has 1 aromatic heterocycles. The van der Waals surface area contributed by atoms with Gasteiger partial charge in [-0.05, 0) is 52.0 Å². The first-order valence-electron chi connectivity index (χ1n) is 9.76. The standard InChI is InChI=1S/C22H20F5N3O3/c1-11(28-20(32)33-21(2,3)4)18-29-17-15(6-5-7-16(17)22(25,26)27)19(31)30(18)14-9-12(23)8-13(24)10-14/h5-11H,1-4H3,(H,28,32)/t11-/m0/s1. The Morgan fingerprint density at radius 2 is 1.70 bits per heavy atom. The number of amides is 1. The Morgan fingerprint density at radius 1 is 1.09 bits per heavy atom. The zero-order chi connectivity index (χ0) is 24.7. The summed E-state index contributed by atoms with van der Waals surface area (Å²) in [6, 6.07) is 3.98. The van der Waals surface area contributed by atoms with E-state index in [2.05, 4.69) is 10.3 Å². The van der Waals surface area contributed by atoms with Crippen molar-refractivity contribution in [3.63, 3.8) is 0 Å². The molecule has 0 bridgehead atoms. The Labute approximate surface area is 185 Å². The molecule has 11 heteroatoms. The van der Waals surface area contributed by atoms with Gasteiger partial charge in [0.2, 0.25) is 0 Å². The highest BCUT2D eigenvalue weighted by Crippen LogP contribution is 2.34. The molecule has 0 aliphatic rings. The highest BCUT2D eigenvalue weighted by atomic mass is 19.4. The molecule has 1 N–H and O–H groups in total. The van der Waals surface area contributed by atoms with Crippen molar-refractivity contribution in [2.75, 3.05) is 0 Å². The van der Waals surface area contributed by atoms with Crippen molar-refractivity contribution in [3.05, 3.63) is 69.8 Å². The Balaban J connectivity index is 2.30. The highest BCUT2D eigenvalue weighted by Gasteiger charge is 2.34. The van der Waals surface area contributed by atoms with Gasteiger partial charge in [-0.1, -0.05) is 6.07 Å². The lowest BCUT2D eigenvalue weighted by Gasteiger charge is -2.24. The molecule has 0 saturated carbocycles. The van der Waals surface area contributed by atoms with E-state index in [0.29, 0.717) is 6.07 Å². The second kappa shape index (κ2) is 8.45. The minimum absolute atomic E-state index is 0.308. The first kappa shape index (κ1) is 24.1. The van der Waals surface area contributed by atoms with Crippen LogP contribution < -0.4 is 10.9 Å². The number of halogens is 5. The summed E-state index contributed by atoms with van der Waals surface area (Å²) in [6.07, 6.45) is -5.75. The van der Waals surface area contributed by atoms with Crippen molar-refractivity contribution in [2.45, 2.75) is 45.5 Å². The number of carbonyl (C=O) groups excluding carboxylic acids is 1. The van der Waals surface area contributed by atoms with Crippen LogP contribution in [-0.2, 0) is 10.9 Å². The van der Waals surface area contributed by atoms with Gasteiger partial charge in [-0.15, -0.1) is 0 Å². The number of aromatic nitrogens is 2. The molecule has 33 heavy (non-hydrogen) atoms. The van der Waals surface area contributed by atoms with Gasteiger partial charge in [0, 0.05) is 6.07 Å². The van der Waals surface area contributed by atoms with Crippen molar-refractivity contribution < 1.29 is 31.5 Å². The van der Waals surface area contributed by atoms with Crippen LogP contribution in [0.2, 0.25) is 0 Å².